The number of fused-ring (bicyclic) bond motifs is 1. The van der Waals surface area contributed by atoms with Crippen molar-refractivity contribution in [1.29, 1.82) is 0 Å². The quantitative estimate of drug-likeness (QED) is 0.0153. The van der Waals surface area contributed by atoms with Gasteiger partial charge in [-0.25, -0.2) is 4.79 Å². The molecule has 23 N–H and O–H groups in total. The Hall–Kier alpha value is -8.61. The average Bonchev–Trinajstić information content (AvgIpc) is 3.74. The minimum Gasteiger partial charge on any atom is -0.508 e. The highest BCUT2D eigenvalue weighted by molar-refractivity contribution is 5.97. The van der Waals surface area contributed by atoms with E-state index in [1.807, 2.05) is 18.2 Å². The van der Waals surface area contributed by atoms with E-state index in [1.54, 1.807) is 24.4 Å². The predicted molar refractivity (Wildman–Crippen MR) is 271 cm³/mol. The van der Waals surface area contributed by atoms with Gasteiger partial charge < -0.3 is 87.0 Å². The van der Waals surface area contributed by atoms with Crippen molar-refractivity contribution in [2.24, 2.45) is 55.1 Å². The lowest BCUT2D eigenvalue weighted by Crippen LogP contribution is -2.60. The molecule has 3 aromatic carbocycles. The van der Waals surface area contributed by atoms with Crippen LogP contribution in [0.15, 0.2) is 94.0 Å². The molecule has 0 aliphatic heterocycles. The lowest BCUT2D eigenvalue weighted by atomic mass is 10.0. The number of carboxylic acids is 1. The molecule has 1 heterocycles. The smallest absolute Gasteiger partial charge is 0.326 e. The van der Waals surface area contributed by atoms with Crippen LogP contribution in [0.4, 0.5) is 0 Å². The fourth-order valence-corrected chi connectivity index (χ4v) is 7.44. The summed E-state index contributed by atoms with van der Waals surface area (Å²) < 4.78 is 0. The number of hydrogen-bond acceptors (Lipinski definition) is 12. The largest absolute Gasteiger partial charge is 0.508 e. The number of aliphatic carboxylic acids is 1. The van der Waals surface area contributed by atoms with Crippen LogP contribution in [-0.2, 0) is 48.0 Å². The highest BCUT2D eigenvalue weighted by Crippen LogP contribution is 2.20. The first-order valence-electron chi connectivity index (χ1n) is 23.1. The van der Waals surface area contributed by atoms with Crippen LogP contribution in [0.3, 0.4) is 0 Å². The summed E-state index contributed by atoms with van der Waals surface area (Å²) in [6.07, 6.45) is 1.91. The third-order valence-corrected chi connectivity index (χ3v) is 11.2. The molecule has 388 valence electrons. The summed E-state index contributed by atoms with van der Waals surface area (Å²) in [5.41, 5.74) is 41.3. The number of carbonyl (C=O) groups is 6. The van der Waals surface area contributed by atoms with Crippen LogP contribution in [0.1, 0.15) is 55.2 Å². The molecular weight excluding hydrogens is 933 g/mol. The fourth-order valence-electron chi connectivity index (χ4n) is 7.44. The molecule has 0 unspecified atom stereocenters. The fraction of sp³-hybridized carbons (Fsp3) is 0.383. The molecule has 0 bridgehead atoms. The first-order chi connectivity index (χ1) is 34.3. The normalized spacial score (nSPS) is 13.4. The van der Waals surface area contributed by atoms with Gasteiger partial charge in [0.05, 0.1) is 6.04 Å². The SMILES string of the molecule is NC(N)=NCCC[C@H](NC(=O)[C@H](Cc1c[nH]c2ccccc12)NC(=O)[C@H](CCCN=C(N)N)NC(=O)[C@H](Cc1ccc(O)cc1)NC(=O)[C@H](Cc1ccc(O)cc1)NC(=O)[C@@H](N)CCCN=C(N)N)C(=O)O. The molecule has 4 rings (SSSR count). The predicted octanol–water partition coefficient (Wildman–Crippen LogP) is -2.40. The number of nitrogens with one attached hydrogen (secondary N) is 6. The van der Waals surface area contributed by atoms with Crippen molar-refractivity contribution in [3.63, 3.8) is 0 Å². The molecule has 5 amide bonds. The number of nitrogens with zero attached hydrogens (tertiary/aromatic N) is 3. The van der Waals surface area contributed by atoms with Gasteiger partial charge in [-0.1, -0.05) is 42.5 Å². The van der Waals surface area contributed by atoms with Gasteiger partial charge in [0.2, 0.25) is 29.5 Å². The first kappa shape index (κ1) is 56.0. The van der Waals surface area contributed by atoms with Crippen LogP contribution in [0.2, 0.25) is 0 Å². The maximum Gasteiger partial charge on any atom is 0.326 e. The number of guanidine groups is 3. The summed E-state index contributed by atoms with van der Waals surface area (Å²) in [6.45, 7) is 0.329. The van der Waals surface area contributed by atoms with E-state index >= 15 is 0 Å². The van der Waals surface area contributed by atoms with E-state index in [9.17, 15) is 44.1 Å². The highest BCUT2D eigenvalue weighted by Gasteiger charge is 2.34. The number of aliphatic imine (C=N–C) groups is 3. The van der Waals surface area contributed by atoms with Crippen molar-refractivity contribution in [2.45, 2.75) is 94.0 Å². The molecular formula is C47H66N16O9. The number of amides is 5. The topological polar surface area (TPSA) is 458 Å². The number of rotatable bonds is 29. The number of carbonyl (C=O) groups excluding carboxylic acids is 5. The summed E-state index contributed by atoms with van der Waals surface area (Å²) in [6, 6.07) is 10.9. The number of aromatic nitrogens is 1. The monoisotopic (exact) mass is 999 g/mol. The van der Waals surface area contributed by atoms with Crippen molar-refractivity contribution in [3.8, 4) is 11.5 Å². The Kier molecular flexibility index (Phi) is 21.9. The lowest BCUT2D eigenvalue weighted by Gasteiger charge is -2.27. The van der Waals surface area contributed by atoms with E-state index in [0.717, 1.165) is 10.9 Å². The Morgan fingerprint density at radius 1 is 0.500 bits per heavy atom. The summed E-state index contributed by atoms with van der Waals surface area (Å²) in [7, 11) is 0. The number of benzene rings is 3. The molecule has 0 saturated heterocycles. The zero-order valence-electron chi connectivity index (χ0n) is 39.6. The maximum atomic E-state index is 14.6. The molecule has 0 aliphatic carbocycles. The molecule has 0 fully saturated rings. The van der Waals surface area contributed by atoms with Crippen molar-refractivity contribution < 1.29 is 44.1 Å². The molecule has 1 aromatic heterocycles. The summed E-state index contributed by atoms with van der Waals surface area (Å²) in [5.74, 6) is -6.07. The standard InChI is InChI=1S/C47H66N16O9/c48-32(7-3-19-55-45(49)50)39(66)61-36(22-26-11-15-29(64)16-12-26)42(69)62-37(23-27-13-17-30(65)18-14-27)41(68)59-34(9-4-20-56-46(51)52)40(67)63-38(24-28-25-58-33-8-2-1-6-31(28)33)43(70)60-35(44(71)72)10-5-21-57-47(53)54/h1-2,6,8,11-18,25,32,34-38,58,64-65H,3-5,7,9-10,19-24,48H2,(H,59,68)(H,60,70)(H,61,66)(H,62,69)(H,63,67)(H,71,72)(H4,49,50,55)(H4,51,52,56)(H4,53,54,57)/t32-,34-,35-,36-,37-,38-/m0/s1. The minimum absolute atomic E-state index is 0.0319. The van der Waals surface area contributed by atoms with E-state index < -0.39 is 71.8 Å². The van der Waals surface area contributed by atoms with Crippen molar-refractivity contribution in [3.05, 3.63) is 95.7 Å². The van der Waals surface area contributed by atoms with Gasteiger partial charge in [0.1, 0.15) is 41.7 Å². The van der Waals surface area contributed by atoms with Crippen molar-refractivity contribution >= 4 is 64.3 Å². The van der Waals surface area contributed by atoms with Crippen molar-refractivity contribution in [1.82, 2.24) is 31.6 Å². The minimum atomic E-state index is -1.44. The number of carboxylic acid groups (broad SMARTS) is 1. The van der Waals surface area contributed by atoms with Gasteiger partial charge in [0.15, 0.2) is 17.9 Å². The van der Waals surface area contributed by atoms with E-state index in [4.69, 9.17) is 40.1 Å². The third kappa shape index (κ3) is 19.1. The summed E-state index contributed by atoms with van der Waals surface area (Å²) >= 11 is 0. The molecule has 4 aromatic rings. The molecule has 72 heavy (non-hydrogen) atoms. The van der Waals surface area contributed by atoms with Crippen molar-refractivity contribution in [2.75, 3.05) is 19.6 Å². The Morgan fingerprint density at radius 3 is 1.36 bits per heavy atom. The third-order valence-electron chi connectivity index (χ3n) is 11.2. The number of aromatic hydroxyl groups is 2. The van der Waals surface area contributed by atoms with E-state index in [1.165, 1.54) is 36.4 Å². The molecule has 25 nitrogen and oxygen atoms in total. The first-order valence-corrected chi connectivity index (χ1v) is 23.1. The van der Waals surface area contributed by atoms with Crippen LogP contribution in [0.25, 0.3) is 10.9 Å². The van der Waals surface area contributed by atoms with E-state index in [-0.39, 0.29) is 100 Å². The second-order valence-electron chi connectivity index (χ2n) is 16.9. The van der Waals surface area contributed by atoms with E-state index in [0.29, 0.717) is 23.1 Å². The Balaban J connectivity index is 1.67. The van der Waals surface area contributed by atoms with Gasteiger partial charge in [-0.05, 0) is 85.5 Å². The zero-order valence-corrected chi connectivity index (χ0v) is 39.6. The molecule has 0 spiro atoms. The molecule has 6 atom stereocenters. The lowest BCUT2D eigenvalue weighted by molar-refractivity contribution is -0.142. The van der Waals surface area contributed by atoms with Gasteiger partial charge in [0, 0.05) is 56.0 Å². The average molecular weight is 999 g/mol. The second kappa shape index (κ2) is 28.2. The van der Waals surface area contributed by atoms with Gasteiger partial charge in [-0.15, -0.1) is 0 Å². The Morgan fingerprint density at radius 2 is 0.889 bits per heavy atom. The molecule has 0 radical (unpaired) electrons. The number of phenolic OH excluding ortho intramolecular Hbond substituents is 2. The number of H-pyrrole nitrogens is 1. The zero-order chi connectivity index (χ0) is 52.7. The molecule has 0 saturated carbocycles. The number of aromatic amines is 1. The van der Waals surface area contributed by atoms with Crippen LogP contribution in [0, 0.1) is 0 Å². The van der Waals surface area contributed by atoms with Crippen LogP contribution in [0.5, 0.6) is 11.5 Å². The van der Waals surface area contributed by atoms with Crippen LogP contribution in [-0.4, -0.2) is 130 Å². The Bertz CT molecular complexity index is 2540. The maximum absolute atomic E-state index is 14.6. The molecule has 0 aliphatic rings. The number of nitrogens with two attached hydrogens (primary N) is 7. The van der Waals surface area contributed by atoms with Crippen LogP contribution < -0.4 is 66.7 Å². The van der Waals surface area contributed by atoms with Gasteiger partial charge >= 0.3 is 5.97 Å². The highest BCUT2D eigenvalue weighted by atomic mass is 16.4. The van der Waals surface area contributed by atoms with Gasteiger partial charge in [-0.2, -0.15) is 0 Å². The Labute approximate surface area is 414 Å². The second-order valence-corrected chi connectivity index (χ2v) is 16.9. The number of hydrogen-bond donors (Lipinski definition) is 16. The number of phenols is 2. The summed E-state index contributed by atoms with van der Waals surface area (Å²) in [5, 5.41) is 44.1. The summed E-state index contributed by atoms with van der Waals surface area (Å²) in [4.78, 5) is 98.3. The van der Waals surface area contributed by atoms with E-state index in [2.05, 4.69) is 46.5 Å². The van der Waals surface area contributed by atoms with Gasteiger partial charge in [-0.3, -0.25) is 38.9 Å². The van der Waals surface area contributed by atoms with Gasteiger partial charge in [0.25, 0.3) is 0 Å². The van der Waals surface area contributed by atoms with Crippen LogP contribution >= 0.6 is 0 Å². The number of para-hydroxylation sites is 1. The molecule has 25 heteroatoms.